The summed E-state index contributed by atoms with van der Waals surface area (Å²) < 4.78 is 0. The van der Waals surface area contributed by atoms with Gasteiger partial charge in [0.25, 0.3) is 0 Å². The van der Waals surface area contributed by atoms with Gasteiger partial charge in [0.2, 0.25) is 0 Å². The van der Waals surface area contributed by atoms with Crippen LogP contribution in [0, 0.1) is 5.92 Å². The molecule has 0 bridgehead atoms. The van der Waals surface area contributed by atoms with Crippen LogP contribution in [-0.2, 0) is 0 Å². The maximum absolute atomic E-state index is 5.53. The molecule has 2 rings (SSSR count). The Labute approximate surface area is 64.9 Å². The van der Waals surface area contributed by atoms with E-state index >= 15 is 0 Å². The third kappa shape index (κ3) is 0.976. The summed E-state index contributed by atoms with van der Waals surface area (Å²) >= 11 is 1.86. The molecule has 2 N–H and O–H groups in total. The van der Waals surface area contributed by atoms with Gasteiger partial charge in [-0.15, -0.1) is 11.3 Å². The molecule has 0 saturated heterocycles. The molecule has 1 heterocycles. The molecule has 0 radical (unpaired) electrons. The summed E-state index contributed by atoms with van der Waals surface area (Å²) in [5, 5.41) is 2.14. The molecule has 1 aromatic rings. The van der Waals surface area contributed by atoms with E-state index < -0.39 is 0 Å². The first-order chi connectivity index (χ1) is 4.92. The van der Waals surface area contributed by atoms with Gasteiger partial charge in [0.1, 0.15) is 0 Å². The Morgan fingerprint density at radius 1 is 1.70 bits per heavy atom. The normalized spacial score (nSPS) is 30.5. The molecular formula is C8H11NS. The predicted molar refractivity (Wildman–Crippen MR) is 44.2 cm³/mol. The van der Waals surface area contributed by atoms with Crippen molar-refractivity contribution in [2.75, 3.05) is 6.54 Å². The first-order valence-electron chi connectivity index (χ1n) is 3.65. The van der Waals surface area contributed by atoms with Crippen LogP contribution in [0.3, 0.4) is 0 Å². The lowest BCUT2D eigenvalue weighted by Crippen LogP contribution is -2.01. The number of thiophene rings is 1. The predicted octanol–water partition coefficient (Wildman–Crippen LogP) is 1.81. The van der Waals surface area contributed by atoms with E-state index in [0.717, 1.165) is 18.4 Å². The Kier molecular flexibility index (Phi) is 1.51. The summed E-state index contributed by atoms with van der Waals surface area (Å²) in [6, 6.07) is 4.33. The SMILES string of the molecule is NC[C@H]1C[C@@H]1c1cccs1. The third-order valence-corrected chi connectivity index (χ3v) is 3.14. The molecule has 0 aromatic carbocycles. The van der Waals surface area contributed by atoms with E-state index in [4.69, 9.17) is 5.73 Å². The van der Waals surface area contributed by atoms with Crippen molar-refractivity contribution in [3.8, 4) is 0 Å². The quantitative estimate of drug-likeness (QED) is 0.689. The van der Waals surface area contributed by atoms with Crippen LogP contribution in [0.1, 0.15) is 17.2 Å². The molecule has 1 fully saturated rings. The van der Waals surface area contributed by atoms with Crippen LogP contribution in [0.2, 0.25) is 0 Å². The second-order valence-electron chi connectivity index (χ2n) is 2.85. The van der Waals surface area contributed by atoms with Crippen molar-refractivity contribution in [1.82, 2.24) is 0 Å². The van der Waals surface area contributed by atoms with Gasteiger partial charge in [-0.25, -0.2) is 0 Å². The topological polar surface area (TPSA) is 26.0 Å². The molecule has 0 unspecified atom stereocenters. The average Bonchev–Trinajstić information content (AvgIpc) is 2.56. The van der Waals surface area contributed by atoms with Gasteiger partial charge in [-0.05, 0) is 36.2 Å². The Hall–Kier alpha value is -0.340. The summed E-state index contributed by atoms with van der Waals surface area (Å²) in [6.07, 6.45) is 1.32. The van der Waals surface area contributed by atoms with Gasteiger partial charge in [0, 0.05) is 4.88 Å². The van der Waals surface area contributed by atoms with Gasteiger partial charge >= 0.3 is 0 Å². The zero-order valence-corrected chi connectivity index (χ0v) is 6.60. The fourth-order valence-corrected chi connectivity index (χ4v) is 2.29. The summed E-state index contributed by atoms with van der Waals surface area (Å²) in [7, 11) is 0. The molecule has 1 aliphatic rings. The smallest absolute Gasteiger partial charge is 0.00795 e. The molecular weight excluding hydrogens is 142 g/mol. The molecule has 10 heavy (non-hydrogen) atoms. The van der Waals surface area contributed by atoms with E-state index in [1.807, 2.05) is 11.3 Å². The molecule has 2 atom stereocenters. The maximum atomic E-state index is 5.53. The van der Waals surface area contributed by atoms with E-state index in [-0.39, 0.29) is 0 Å². The maximum Gasteiger partial charge on any atom is 0.00795 e. The van der Waals surface area contributed by atoms with Crippen LogP contribution >= 0.6 is 11.3 Å². The minimum Gasteiger partial charge on any atom is -0.330 e. The molecule has 1 nitrogen and oxygen atoms in total. The number of hydrogen-bond donors (Lipinski definition) is 1. The largest absolute Gasteiger partial charge is 0.330 e. The highest BCUT2D eigenvalue weighted by atomic mass is 32.1. The van der Waals surface area contributed by atoms with Crippen LogP contribution in [0.5, 0.6) is 0 Å². The van der Waals surface area contributed by atoms with Crippen molar-refractivity contribution in [3.05, 3.63) is 22.4 Å². The van der Waals surface area contributed by atoms with Crippen LogP contribution < -0.4 is 5.73 Å². The van der Waals surface area contributed by atoms with Crippen molar-refractivity contribution in [3.63, 3.8) is 0 Å². The number of nitrogens with two attached hydrogens (primary N) is 1. The Bertz CT molecular complexity index is 205. The van der Waals surface area contributed by atoms with Crippen molar-refractivity contribution >= 4 is 11.3 Å². The third-order valence-electron chi connectivity index (χ3n) is 2.13. The first kappa shape index (κ1) is 6.38. The Morgan fingerprint density at radius 2 is 2.60 bits per heavy atom. The Morgan fingerprint density at radius 3 is 3.10 bits per heavy atom. The van der Waals surface area contributed by atoms with Crippen molar-refractivity contribution in [1.29, 1.82) is 0 Å². The molecule has 1 saturated carbocycles. The van der Waals surface area contributed by atoms with Crippen LogP contribution in [0.25, 0.3) is 0 Å². The fourth-order valence-electron chi connectivity index (χ4n) is 1.36. The second-order valence-corrected chi connectivity index (χ2v) is 3.83. The van der Waals surface area contributed by atoms with Crippen LogP contribution in [0.4, 0.5) is 0 Å². The second kappa shape index (κ2) is 2.36. The molecule has 0 amide bonds. The van der Waals surface area contributed by atoms with Crippen molar-refractivity contribution in [2.45, 2.75) is 12.3 Å². The standard InChI is InChI=1S/C8H11NS/c9-5-6-4-7(6)8-2-1-3-10-8/h1-3,6-7H,4-5,9H2/t6-,7+/m1/s1. The summed E-state index contributed by atoms with van der Waals surface area (Å²) in [6.45, 7) is 0.864. The van der Waals surface area contributed by atoms with E-state index in [0.29, 0.717) is 0 Å². The lowest BCUT2D eigenvalue weighted by molar-refractivity contribution is 0.815. The van der Waals surface area contributed by atoms with Gasteiger partial charge in [0.15, 0.2) is 0 Å². The molecule has 1 aromatic heterocycles. The Balaban J connectivity index is 2.05. The average molecular weight is 153 g/mol. The molecule has 1 aliphatic carbocycles. The van der Waals surface area contributed by atoms with Gasteiger partial charge < -0.3 is 5.73 Å². The van der Waals surface area contributed by atoms with Crippen LogP contribution in [0.15, 0.2) is 17.5 Å². The summed E-state index contributed by atoms with van der Waals surface area (Å²) in [4.78, 5) is 1.52. The highest BCUT2D eigenvalue weighted by Gasteiger charge is 2.37. The summed E-state index contributed by atoms with van der Waals surface area (Å²) in [5.74, 6) is 1.60. The lowest BCUT2D eigenvalue weighted by atomic mass is 10.3. The first-order valence-corrected chi connectivity index (χ1v) is 4.53. The van der Waals surface area contributed by atoms with Crippen LogP contribution in [-0.4, -0.2) is 6.54 Å². The fraction of sp³-hybridized carbons (Fsp3) is 0.500. The molecule has 54 valence electrons. The van der Waals surface area contributed by atoms with Gasteiger partial charge in [-0.1, -0.05) is 6.07 Å². The minimum absolute atomic E-state index is 0.790. The monoisotopic (exact) mass is 153 g/mol. The minimum atomic E-state index is 0.790. The van der Waals surface area contributed by atoms with E-state index in [1.54, 1.807) is 0 Å². The lowest BCUT2D eigenvalue weighted by Gasteiger charge is -1.89. The molecule has 0 spiro atoms. The summed E-state index contributed by atoms with van der Waals surface area (Å²) in [5.41, 5.74) is 5.53. The van der Waals surface area contributed by atoms with Gasteiger partial charge in [0.05, 0.1) is 0 Å². The van der Waals surface area contributed by atoms with E-state index in [9.17, 15) is 0 Å². The highest BCUT2D eigenvalue weighted by Crippen LogP contribution is 2.48. The molecule has 2 heteroatoms. The number of rotatable bonds is 2. The number of hydrogen-bond acceptors (Lipinski definition) is 2. The highest BCUT2D eigenvalue weighted by molar-refractivity contribution is 7.10. The molecule has 0 aliphatic heterocycles. The van der Waals surface area contributed by atoms with E-state index in [2.05, 4.69) is 17.5 Å². The van der Waals surface area contributed by atoms with Crippen molar-refractivity contribution < 1.29 is 0 Å². The van der Waals surface area contributed by atoms with Crippen molar-refractivity contribution in [2.24, 2.45) is 11.7 Å². The van der Waals surface area contributed by atoms with Gasteiger partial charge in [-0.3, -0.25) is 0 Å². The zero-order chi connectivity index (χ0) is 6.97. The zero-order valence-electron chi connectivity index (χ0n) is 5.79. The van der Waals surface area contributed by atoms with Gasteiger partial charge in [-0.2, -0.15) is 0 Å². The van der Waals surface area contributed by atoms with E-state index in [1.165, 1.54) is 11.3 Å².